The van der Waals surface area contributed by atoms with E-state index in [2.05, 4.69) is 36.8 Å². The van der Waals surface area contributed by atoms with Crippen LogP contribution in [-0.2, 0) is 5.88 Å². The van der Waals surface area contributed by atoms with E-state index in [1.165, 1.54) is 6.07 Å². The Labute approximate surface area is 147 Å². The molecule has 0 radical (unpaired) electrons. The molecule has 0 saturated heterocycles. The van der Waals surface area contributed by atoms with Crippen LogP contribution in [0, 0.1) is 5.82 Å². The molecular weight excluding hydrogens is 446 g/mol. The summed E-state index contributed by atoms with van der Waals surface area (Å²) in [6.45, 7) is 0. The molecule has 0 saturated carbocycles. The van der Waals surface area contributed by atoms with Crippen molar-refractivity contribution in [3.63, 3.8) is 0 Å². The molecule has 0 unspecified atom stereocenters. The Hall–Kier alpha value is -0.620. The number of halogens is 5. The molecule has 0 aliphatic heterocycles. The fourth-order valence-electron chi connectivity index (χ4n) is 2.16. The number of para-hydroxylation sites is 1. The third-order valence-corrected chi connectivity index (χ3v) is 4.86. The summed E-state index contributed by atoms with van der Waals surface area (Å²) < 4.78 is 17.2. The summed E-state index contributed by atoms with van der Waals surface area (Å²) in [7, 11) is 0. The minimum atomic E-state index is -0.499. The first-order valence-electron chi connectivity index (χ1n) is 5.89. The number of imidazole rings is 1. The highest BCUT2D eigenvalue weighted by Gasteiger charge is 2.18. The first-order valence-corrected chi connectivity index (χ1v) is 8.39. The van der Waals surface area contributed by atoms with Crippen LogP contribution in [-0.4, -0.2) is 9.55 Å². The van der Waals surface area contributed by atoms with Gasteiger partial charge >= 0.3 is 0 Å². The van der Waals surface area contributed by atoms with Gasteiger partial charge in [-0.05, 0) is 50.1 Å². The zero-order valence-corrected chi connectivity index (χ0v) is 15.1. The standard InChI is InChI=1S/C14H7Br2Cl2FN2/c15-7-2-1-3-8(16)14(7)21-12-4-9(18)10(19)5-11(12)20-13(21)6-17/h1-5H,6H2. The van der Waals surface area contributed by atoms with Crippen LogP contribution in [0.25, 0.3) is 16.7 Å². The predicted molar refractivity (Wildman–Crippen MR) is 91.0 cm³/mol. The zero-order chi connectivity index (χ0) is 15.1. The molecular formula is C14H7Br2Cl2FN2. The number of hydrogen-bond acceptors (Lipinski definition) is 1. The highest BCUT2D eigenvalue weighted by atomic mass is 79.9. The summed E-state index contributed by atoms with van der Waals surface area (Å²) in [5.41, 5.74) is 2.05. The number of benzene rings is 2. The average molecular weight is 453 g/mol. The normalized spacial score (nSPS) is 11.3. The summed E-state index contributed by atoms with van der Waals surface area (Å²) in [4.78, 5) is 4.38. The molecule has 0 aliphatic rings. The van der Waals surface area contributed by atoms with E-state index in [1.54, 1.807) is 6.07 Å². The lowest BCUT2D eigenvalue weighted by Crippen LogP contribution is -2.01. The molecule has 1 aromatic heterocycles. The molecule has 3 rings (SSSR count). The van der Waals surface area contributed by atoms with Crippen molar-refractivity contribution in [2.45, 2.75) is 5.88 Å². The molecule has 2 nitrogen and oxygen atoms in total. The van der Waals surface area contributed by atoms with E-state index in [0.717, 1.165) is 14.6 Å². The lowest BCUT2D eigenvalue weighted by molar-refractivity contribution is 0.630. The molecule has 0 bridgehead atoms. The van der Waals surface area contributed by atoms with Crippen molar-refractivity contribution >= 4 is 66.1 Å². The van der Waals surface area contributed by atoms with Crippen LogP contribution in [0.4, 0.5) is 4.39 Å². The molecule has 2 aromatic carbocycles. The maximum atomic E-state index is 13.6. The van der Waals surface area contributed by atoms with E-state index in [4.69, 9.17) is 23.2 Å². The van der Waals surface area contributed by atoms with Crippen molar-refractivity contribution in [3.8, 4) is 5.69 Å². The molecule has 108 valence electrons. The predicted octanol–water partition coefficient (Wildman–Crippen LogP) is 6.08. The minimum Gasteiger partial charge on any atom is -0.293 e. The average Bonchev–Trinajstić information content (AvgIpc) is 2.77. The molecule has 0 fully saturated rings. The summed E-state index contributed by atoms with van der Waals surface area (Å²) >= 11 is 18.9. The largest absolute Gasteiger partial charge is 0.293 e. The van der Waals surface area contributed by atoms with E-state index in [9.17, 15) is 4.39 Å². The maximum Gasteiger partial charge on any atom is 0.144 e. The highest BCUT2D eigenvalue weighted by Crippen LogP contribution is 2.34. The van der Waals surface area contributed by atoms with Crippen LogP contribution in [0.2, 0.25) is 5.02 Å². The summed E-state index contributed by atoms with van der Waals surface area (Å²) in [5, 5.41) is 0.0490. The van der Waals surface area contributed by atoms with E-state index in [-0.39, 0.29) is 10.9 Å². The van der Waals surface area contributed by atoms with Gasteiger partial charge in [-0.1, -0.05) is 17.7 Å². The van der Waals surface area contributed by atoms with Crippen molar-refractivity contribution in [1.82, 2.24) is 9.55 Å². The Kier molecular flexibility index (Phi) is 4.28. The summed E-state index contributed by atoms with van der Waals surface area (Å²) in [6, 6.07) is 8.60. The van der Waals surface area contributed by atoms with Crippen molar-refractivity contribution in [3.05, 3.63) is 55.9 Å². The number of aromatic nitrogens is 2. The van der Waals surface area contributed by atoms with Gasteiger partial charge in [0.25, 0.3) is 0 Å². The second-order valence-electron chi connectivity index (χ2n) is 4.32. The Morgan fingerprint density at radius 3 is 2.48 bits per heavy atom. The van der Waals surface area contributed by atoms with Gasteiger partial charge in [-0.2, -0.15) is 0 Å². The number of hydrogen-bond donors (Lipinski definition) is 0. The topological polar surface area (TPSA) is 17.8 Å². The molecule has 3 aromatic rings. The van der Waals surface area contributed by atoms with Gasteiger partial charge in [0.15, 0.2) is 0 Å². The number of alkyl halides is 1. The maximum absolute atomic E-state index is 13.6. The van der Waals surface area contributed by atoms with Crippen LogP contribution in [0.5, 0.6) is 0 Å². The monoisotopic (exact) mass is 450 g/mol. The number of rotatable bonds is 2. The van der Waals surface area contributed by atoms with Gasteiger partial charge in [0.05, 0.1) is 27.6 Å². The zero-order valence-electron chi connectivity index (χ0n) is 10.4. The highest BCUT2D eigenvalue weighted by molar-refractivity contribution is 9.11. The molecule has 21 heavy (non-hydrogen) atoms. The molecule has 0 atom stereocenters. The molecule has 0 N–H and O–H groups in total. The van der Waals surface area contributed by atoms with Crippen molar-refractivity contribution < 1.29 is 4.39 Å². The minimum absolute atomic E-state index is 0.0490. The smallest absolute Gasteiger partial charge is 0.144 e. The van der Waals surface area contributed by atoms with Gasteiger partial charge < -0.3 is 0 Å². The molecule has 0 spiro atoms. The first kappa shape index (κ1) is 15.3. The second kappa shape index (κ2) is 5.88. The van der Waals surface area contributed by atoms with Crippen LogP contribution >= 0.6 is 55.1 Å². The van der Waals surface area contributed by atoms with Gasteiger partial charge in [-0.25, -0.2) is 9.37 Å². The van der Waals surface area contributed by atoms with Crippen molar-refractivity contribution in [2.24, 2.45) is 0 Å². The second-order valence-corrected chi connectivity index (χ2v) is 6.71. The quantitative estimate of drug-likeness (QED) is 0.431. The molecule has 0 amide bonds. The summed E-state index contributed by atoms with van der Waals surface area (Å²) in [6.07, 6.45) is 0. The molecule has 7 heteroatoms. The van der Waals surface area contributed by atoms with Crippen molar-refractivity contribution in [1.29, 1.82) is 0 Å². The van der Waals surface area contributed by atoms with Gasteiger partial charge in [0.1, 0.15) is 11.6 Å². The number of nitrogens with zero attached hydrogens (tertiary/aromatic N) is 2. The van der Waals surface area contributed by atoms with Crippen LogP contribution in [0.15, 0.2) is 39.3 Å². The van der Waals surface area contributed by atoms with E-state index < -0.39 is 5.82 Å². The molecule has 1 heterocycles. The van der Waals surface area contributed by atoms with E-state index >= 15 is 0 Å². The van der Waals surface area contributed by atoms with Crippen LogP contribution in [0.1, 0.15) is 5.82 Å². The van der Waals surface area contributed by atoms with E-state index in [0.29, 0.717) is 16.9 Å². The third kappa shape index (κ3) is 2.61. The summed E-state index contributed by atoms with van der Waals surface area (Å²) in [5.74, 6) is 0.309. The lowest BCUT2D eigenvalue weighted by Gasteiger charge is -2.12. The lowest BCUT2D eigenvalue weighted by atomic mass is 10.2. The van der Waals surface area contributed by atoms with Crippen molar-refractivity contribution in [2.75, 3.05) is 0 Å². The van der Waals surface area contributed by atoms with Gasteiger partial charge in [0, 0.05) is 15.0 Å². The Morgan fingerprint density at radius 2 is 1.86 bits per heavy atom. The molecule has 0 aliphatic carbocycles. The SMILES string of the molecule is Fc1cc2nc(CCl)n(-c3c(Br)cccc3Br)c2cc1Cl. The van der Waals surface area contributed by atoms with E-state index in [1.807, 2.05) is 22.8 Å². The van der Waals surface area contributed by atoms with Crippen LogP contribution < -0.4 is 0 Å². The van der Waals surface area contributed by atoms with Gasteiger partial charge in [0.2, 0.25) is 0 Å². The Balaban J connectivity index is 2.43. The first-order chi connectivity index (χ1) is 10.0. The fraction of sp³-hybridized carbons (Fsp3) is 0.0714. The number of fused-ring (bicyclic) bond motifs is 1. The Morgan fingerprint density at radius 1 is 1.19 bits per heavy atom. The fourth-order valence-corrected chi connectivity index (χ4v) is 3.85. The van der Waals surface area contributed by atoms with Gasteiger partial charge in [-0.3, -0.25) is 4.57 Å². The van der Waals surface area contributed by atoms with Gasteiger partial charge in [-0.15, -0.1) is 11.6 Å². The van der Waals surface area contributed by atoms with Crippen LogP contribution in [0.3, 0.4) is 0 Å². The third-order valence-electron chi connectivity index (χ3n) is 3.05. The Bertz CT molecular complexity index is 828.